The minimum absolute atomic E-state index is 0.00405. The molecule has 0 saturated carbocycles. The van der Waals surface area contributed by atoms with Gasteiger partial charge in [0.1, 0.15) is 16.2 Å². The highest BCUT2D eigenvalue weighted by molar-refractivity contribution is 7.90. The summed E-state index contributed by atoms with van der Waals surface area (Å²) in [5, 5.41) is 0. The van der Waals surface area contributed by atoms with Crippen LogP contribution in [0, 0.1) is 0 Å². The summed E-state index contributed by atoms with van der Waals surface area (Å²) in [5.41, 5.74) is 3.48. The Morgan fingerprint density at radius 2 is 2.17 bits per heavy atom. The van der Waals surface area contributed by atoms with Gasteiger partial charge in [-0.2, -0.15) is 0 Å². The highest BCUT2D eigenvalue weighted by Crippen LogP contribution is 2.27. The van der Waals surface area contributed by atoms with Gasteiger partial charge in [0.25, 0.3) is 0 Å². The van der Waals surface area contributed by atoms with Crippen molar-refractivity contribution in [3.8, 4) is 11.3 Å². The van der Waals surface area contributed by atoms with E-state index in [2.05, 4.69) is 15.0 Å². The van der Waals surface area contributed by atoms with E-state index in [1.165, 1.54) is 6.33 Å². The van der Waals surface area contributed by atoms with Gasteiger partial charge in [0.05, 0.1) is 17.1 Å². The number of rotatable bonds is 4. The van der Waals surface area contributed by atoms with Crippen molar-refractivity contribution < 1.29 is 13.2 Å². The summed E-state index contributed by atoms with van der Waals surface area (Å²) < 4.78 is 22.5. The molecule has 0 spiro atoms. The van der Waals surface area contributed by atoms with Crippen LogP contribution in [0.5, 0.6) is 0 Å². The monoisotopic (exact) mass is 346 g/mol. The van der Waals surface area contributed by atoms with Gasteiger partial charge in [-0.15, -0.1) is 0 Å². The molecule has 3 rings (SSSR count). The average molecular weight is 346 g/mol. The summed E-state index contributed by atoms with van der Waals surface area (Å²) in [5.74, 6) is -0.289. The second kappa shape index (κ2) is 6.64. The first-order valence-corrected chi connectivity index (χ1v) is 9.69. The number of hydrogen-bond acceptors (Lipinski definition) is 6. The Bertz CT molecular complexity index is 853. The Balaban J connectivity index is 1.83. The number of fused-ring (bicyclic) bond motifs is 1. The van der Waals surface area contributed by atoms with Gasteiger partial charge in [-0.3, -0.25) is 9.78 Å². The summed E-state index contributed by atoms with van der Waals surface area (Å²) >= 11 is 0. The average Bonchev–Trinajstić information content (AvgIpc) is 2.59. The molecule has 2 aromatic rings. The van der Waals surface area contributed by atoms with Crippen molar-refractivity contribution >= 4 is 15.7 Å². The van der Waals surface area contributed by atoms with Crippen LogP contribution in [0.2, 0.25) is 0 Å². The van der Waals surface area contributed by atoms with Crippen molar-refractivity contribution in [2.75, 3.05) is 18.6 Å². The number of sulfone groups is 1. The predicted octanol–water partition coefficient (Wildman–Crippen LogP) is 0.858. The third-order valence-corrected chi connectivity index (χ3v) is 4.92. The molecule has 1 amide bonds. The van der Waals surface area contributed by atoms with Crippen molar-refractivity contribution in [3.63, 3.8) is 0 Å². The van der Waals surface area contributed by atoms with E-state index in [1.54, 1.807) is 17.3 Å². The van der Waals surface area contributed by atoms with Crippen LogP contribution in [0.15, 0.2) is 30.9 Å². The van der Waals surface area contributed by atoms with Crippen LogP contribution < -0.4 is 0 Å². The fraction of sp³-hybridized carbons (Fsp3) is 0.375. The maximum absolute atomic E-state index is 12.3. The van der Waals surface area contributed by atoms with Gasteiger partial charge in [0.2, 0.25) is 5.91 Å². The minimum atomic E-state index is -3.15. The van der Waals surface area contributed by atoms with E-state index in [-0.39, 0.29) is 18.1 Å². The van der Waals surface area contributed by atoms with Gasteiger partial charge >= 0.3 is 0 Å². The molecule has 0 unspecified atom stereocenters. The van der Waals surface area contributed by atoms with Gasteiger partial charge < -0.3 is 4.90 Å². The maximum atomic E-state index is 12.3. The minimum Gasteiger partial charge on any atom is -0.338 e. The fourth-order valence-corrected chi connectivity index (χ4v) is 3.28. The molecule has 0 saturated heterocycles. The Morgan fingerprint density at radius 1 is 1.33 bits per heavy atom. The molecular weight excluding hydrogens is 328 g/mol. The van der Waals surface area contributed by atoms with E-state index in [4.69, 9.17) is 0 Å². The molecular formula is C16H18N4O3S. The van der Waals surface area contributed by atoms with E-state index in [0.29, 0.717) is 19.5 Å². The Hall–Kier alpha value is -2.35. The number of nitrogens with zero attached hydrogens (tertiary/aromatic N) is 4. The largest absolute Gasteiger partial charge is 0.338 e. The standard InChI is InChI=1S/C16H18N4O3S/c1-24(22,23)8-5-15(21)20-7-4-14-13(10-20)16(19-11-18-14)12-3-2-6-17-9-12/h2-3,6,9,11H,4-5,7-8,10H2,1H3. The van der Waals surface area contributed by atoms with E-state index >= 15 is 0 Å². The SMILES string of the molecule is CS(=O)(=O)CCC(=O)N1CCc2ncnc(-c3cccnc3)c2C1. The molecule has 0 N–H and O–H groups in total. The zero-order chi connectivity index (χ0) is 17.2. The quantitative estimate of drug-likeness (QED) is 0.815. The molecule has 0 bridgehead atoms. The molecule has 126 valence electrons. The van der Waals surface area contributed by atoms with E-state index in [9.17, 15) is 13.2 Å². The summed E-state index contributed by atoms with van der Waals surface area (Å²) in [4.78, 5) is 26.8. The van der Waals surface area contributed by atoms with Gasteiger partial charge in [-0.1, -0.05) is 0 Å². The van der Waals surface area contributed by atoms with Gasteiger partial charge in [-0.05, 0) is 12.1 Å². The third-order valence-electron chi connectivity index (χ3n) is 3.98. The predicted molar refractivity (Wildman–Crippen MR) is 88.7 cm³/mol. The summed E-state index contributed by atoms with van der Waals surface area (Å²) in [6.45, 7) is 0.933. The molecule has 1 aliphatic heterocycles. The van der Waals surface area contributed by atoms with E-state index in [1.807, 2.05) is 12.1 Å². The molecule has 0 atom stereocenters. The molecule has 2 aromatic heterocycles. The molecule has 8 heteroatoms. The first kappa shape index (κ1) is 16.5. The van der Waals surface area contributed by atoms with Crippen molar-refractivity contribution in [3.05, 3.63) is 42.1 Å². The lowest BCUT2D eigenvalue weighted by Gasteiger charge is -2.29. The van der Waals surface area contributed by atoms with Crippen molar-refractivity contribution in [2.24, 2.45) is 0 Å². The number of pyridine rings is 1. The topological polar surface area (TPSA) is 93.1 Å². The van der Waals surface area contributed by atoms with Crippen LogP contribution in [0.4, 0.5) is 0 Å². The van der Waals surface area contributed by atoms with Gasteiger partial charge in [-0.25, -0.2) is 18.4 Å². The second-order valence-electron chi connectivity index (χ2n) is 5.83. The molecule has 0 aromatic carbocycles. The number of aromatic nitrogens is 3. The molecule has 3 heterocycles. The number of carbonyl (C=O) groups is 1. The smallest absolute Gasteiger partial charge is 0.223 e. The molecule has 0 aliphatic carbocycles. The Morgan fingerprint density at radius 3 is 2.88 bits per heavy atom. The van der Waals surface area contributed by atoms with Gasteiger partial charge in [0, 0.05) is 55.7 Å². The number of carbonyl (C=O) groups excluding carboxylic acids is 1. The highest BCUT2D eigenvalue weighted by atomic mass is 32.2. The van der Waals surface area contributed by atoms with Crippen LogP contribution >= 0.6 is 0 Å². The van der Waals surface area contributed by atoms with Crippen molar-refractivity contribution in [2.45, 2.75) is 19.4 Å². The van der Waals surface area contributed by atoms with Crippen LogP contribution in [0.1, 0.15) is 17.7 Å². The normalized spacial score (nSPS) is 14.3. The lowest BCUT2D eigenvalue weighted by atomic mass is 10.00. The zero-order valence-electron chi connectivity index (χ0n) is 13.3. The van der Waals surface area contributed by atoms with E-state index in [0.717, 1.165) is 28.8 Å². The number of hydrogen-bond donors (Lipinski definition) is 0. The Labute approximate surface area is 140 Å². The fourth-order valence-electron chi connectivity index (χ4n) is 2.74. The molecule has 24 heavy (non-hydrogen) atoms. The van der Waals surface area contributed by atoms with Gasteiger partial charge in [0.15, 0.2) is 0 Å². The van der Waals surface area contributed by atoms with Crippen LogP contribution in [0.25, 0.3) is 11.3 Å². The summed E-state index contributed by atoms with van der Waals surface area (Å²) in [6.07, 6.45) is 6.73. The van der Waals surface area contributed by atoms with E-state index < -0.39 is 9.84 Å². The third kappa shape index (κ3) is 3.76. The summed E-state index contributed by atoms with van der Waals surface area (Å²) in [7, 11) is -3.15. The second-order valence-corrected chi connectivity index (χ2v) is 8.09. The highest BCUT2D eigenvalue weighted by Gasteiger charge is 2.25. The lowest BCUT2D eigenvalue weighted by molar-refractivity contribution is -0.131. The summed E-state index contributed by atoms with van der Waals surface area (Å²) in [6, 6.07) is 3.75. The Kier molecular flexibility index (Phi) is 4.57. The van der Waals surface area contributed by atoms with Crippen LogP contribution in [-0.2, 0) is 27.6 Å². The lowest BCUT2D eigenvalue weighted by Crippen LogP contribution is -2.37. The molecule has 1 aliphatic rings. The van der Waals surface area contributed by atoms with Crippen LogP contribution in [0.3, 0.4) is 0 Å². The maximum Gasteiger partial charge on any atom is 0.223 e. The molecule has 0 fully saturated rings. The first-order chi connectivity index (χ1) is 11.4. The first-order valence-electron chi connectivity index (χ1n) is 7.63. The van der Waals surface area contributed by atoms with Crippen molar-refractivity contribution in [1.82, 2.24) is 19.9 Å². The number of amides is 1. The van der Waals surface area contributed by atoms with Crippen LogP contribution in [-0.4, -0.2) is 52.7 Å². The van der Waals surface area contributed by atoms with Crippen molar-refractivity contribution in [1.29, 1.82) is 0 Å². The molecule has 7 nitrogen and oxygen atoms in total. The molecule has 0 radical (unpaired) electrons. The zero-order valence-corrected chi connectivity index (χ0v) is 14.2.